The maximum Gasteiger partial charge on any atom is 0.459 e. The lowest BCUT2D eigenvalue weighted by Gasteiger charge is -2.20. The maximum atomic E-state index is 13.3. The van der Waals surface area contributed by atoms with Crippen molar-refractivity contribution in [3.63, 3.8) is 0 Å². The lowest BCUT2D eigenvalue weighted by atomic mass is 10.2. The zero-order valence-corrected chi connectivity index (χ0v) is 9.43. The van der Waals surface area contributed by atoms with E-state index in [-0.39, 0.29) is 10.4 Å². The molecule has 0 aliphatic carbocycles. The molecule has 0 radical (unpaired) electrons. The van der Waals surface area contributed by atoms with Crippen LogP contribution in [0.4, 0.5) is 30.7 Å². The van der Waals surface area contributed by atoms with Gasteiger partial charge in [-0.05, 0) is 12.1 Å². The van der Waals surface area contributed by atoms with Gasteiger partial charge in [0.1, 0.15) is 0 Å². The van der Waals surface area contributed by atoms with Crippen molar-refractivity contribution in [2.45, 2.75) is 12.1 Å². The average molecular weight is 298 g/mol. The number of aromatic nitrogens is 2. The standard InChI is InChI=1S/C11H5F7N2/c12-7-8(10(14,15)11(16,17)18)20(19-9(7)13)6-4-2-1-3-5-6/h1-5H. The highest BCUT2D eigenvalue weighted by atomic mass is 19.4. The van der Waals surface area contributed by atoms with E-state index in [1.165, 1.54) is 18.2 Å². The molecule has 0 spiro atoms. The monoisotopic (exact) mass is 298 g/mol. The first-order valence-corrected chi connectivity index (χ1v) is 5.10. The largest absolute Gasteiger partial charge is 0.459 e. The third-order valence-corrected chi connectivity index (χ3v) is 2.44. The van der Waals surface area contributed by atoms with E-state index in [0.717, 1.165) is 12.1 Å². The molecule has 108 valence electrons. The molecular weight excluding hydrogens is 293 g/mol. The Morgan fingerprint density at radius 2 is 1.45 bits per heavy atom. The molecule has 0 aliphatic heterocycles. The molecule has 0 saturated carbocycles. The number of halogens is 7. The molecule has 1 heterocycles. The van der Waals surface area contributed by atoms with Crippen LogP contribution in [0.25, 0.3) is 5.69 Å². The first kappa shape index (κ1) is 14.4. The lowest BCUT2D eigenvalue weighted by molar-refractivity contribution is -0.292. The van der Waals surface area contributed by atoms with Crippen molar-refractivity contribution in [2.75, 3.05) is 0 Å². The van der Waals surface area contributed by atoms with Gasteiger partial charge in [-0.15, -0.1) is 5.10 Å². The van der Waals surface area contributed by atoms with E-state index < -0.39 is 29.6 Å². The molecule has 2 nitrogen and oxygen atoms in total. The smallest absolute Gasteiger partial charge is 0.225 e. The predicted octanol–water partition coefficient (Wildman–Crippen LogP) is 3.80. The highest BCUT2D eigenvalue weighted by molar-refractivity contribution is 5.34. The maximum absolute atomic E-state index is 13.3. The Bertz CT molecular complexity index is 616. The minimum Gasteiger partial charge on any atom is -0.225 e. The molecule has 0 atom stereocenters. The van der Waals surface area contributed by atoms with Gasteiger partial charge in [0.15, 0.2) is 5.69 Å². The van der Waals surface area contributed by atoms with Gasteiger partial charge >= 0.3 is 12.1 Å². The van der Waals surface area contributed by atoms with Crippen molar-refractivity contribution in [1.29, 1.82) is 0 Å². The van der Waals surface area contributed by atoms with E-state index >= 15 is 0 Å². The van der Waals surface area contributed by atoms with Crippen molar-refractivity contribution in [1.82, 2.24) is 9.78 Å². The number of nitrogens with zero attached hydrogens (tertiary/aromatic N) is 2. The summed E-state index contributed by atoms with van der Waals surface area (Å²) in [4.78, 5) is 0. The van der Waals surface area contributed by atoms with Crippen LogP contribution in [0.2, 0.25) is 0 Å². The van der Waals surface area contributed by atoms with Crippen LogP contribution >= 0.6 is 0 Å². The molecule has 0 amide bonds. The third kappa shape index (κ3) is 2.12. The van der Waals surface area contributed by atoms with E-state index in [0.29, 0.717) is 0 Å². The zero-order valence-electron chi connectivity index (χ0n) is 9.43. The van der Waals surface area contributed by atoms with Crippen molar-refractivity contribution < 1.29 is 30.7 Å². The van der Waals surface area contributed by atoms with Crippen molar-refractivity contribution in [2.24, 2.45) is 0 Å². The second kappa shape index (κ2) is 4.50. The third-order valence-electron chi connectivity index (χ3n) is 2.44. The summed E-state index contributed by atoms with van der Waals surface area (Å²) in [6.07, 6.45) is -6.08. The zero-order chi connectivity index (χ0) is 15.1. The summed E-state index contributed by atoms with van der Waals surface area (Å²) in [7, 11) is 0. The summed E-state index contributed by atoms with van der Waals surface area (Å²) < 4.78 is 89.7. The number of hydrogen-bond acceptors (Lipinski definition) is 1. The Hall–Kier alpha value is -2.06. The van der Waals surface area contributed by atoms with Gasteiger partial charge in [-0.2, -0.15) is 30.7 Å². The molecule has 0 aliphatic rings. The van der Waals surface area contributed by atoms with Gasteiger partial charge in [-0.1, -0.05) is 18.2 Å². The number of benzene rings is 1. The molecule has 2 aromatic rings. The van der Waals surface area contributed by atoms with Crippen LogP contribution in [0, 0.1) is 11.8 Å². The molecule has 0 bridgehead atoms. The summed E-state index contributed by atoms with van der Waals surface area (Å²) in [6.45, 7) is 0. The first-order valence-electron chi connectivity index (χ1n) is 5.10. The second-order valence-electron chi connectivity index (χ2n) is 3.77. The Morgan fingerprint density at radius 3 is 1.95 bits per heavy atom. The van der Waals surface area contributed by atoms with Gasteiger partial charge < -0.3 is 0 Å². The van der Waals surface area contributed by atoms with Gasteiger partial charge in [-0.25, -0.2) is 4.68 Å². The normalized spacial score (nSPS) is 12.8. The van der Waals surface area contributed by atoms with E-state index in [4.69, 9.17) is 0 Å². The quantitative estimate of drug-likeness (QED) is 0.771. The molecule has 20 heavy (non-hydrogen) atoms. The summed E-state index contributed by atoms with van der Waals surface area (Å²) in [5.74, 6) is -9.95. The fraction of sp³-hybridized carbons (Fsp3) is 0.182. The number of alkyl halides is 5. The molecule has 1 aromatic heterocycles. The summed E-state index contributed by atoms with van der Waals surface area (Å²) in [5.41, 5.74) is -2.51. The van der Waals surface area contributed by atoms with Crippen molar-refractivity contribution in [3.05, 3.63) is 47.8 Å². The van der Waals surface area contributed by atoms with E-state index in [2.05, 4.69) is 5.10 Å². The summed E-state index contributed by atoms with van der Waals surface area (Å²) in [6, 6.07) is 6.20. The topological polar surface area (TPSA) is 17.8 Å². The van der Waals surface area contributed by atoms with Crippen LogP contribution in [0.1, 0.15) is 5.69 Å². The van der Waals surface area contributed by atoms with Crippen LogP contribution in [-0.4, -0.2) is 16.0 Å². The Morgan fingerprint density at radius 1 is 0.900 bits per heavy atom. The molecule has 0 N–H and O–H groups in total. The van der Waals surface area contributed by atoms with Crippen molar-refractivity contribution in [3.8, 4) is 5.69 Å². The highest BCUT2D eigenvalue weighted by Crippen LogP contribution is 2.45. The Labute approximate surface area is 107 Å². The Balaban J connectivity index is 2.71. The van der Waals surface area contributed by atoms with E-state index in [1.807, 2.05) is 0 Å². The Kier molecular flexibility index (Phi) is 3.23. The minimum atomic E-state index is -6.08. The molecule has 0 unspecified atom stereocenters. The van der Waals surface area contributed by atoms with Crippen LogP contribution in [0.5, 0.6) is 0 Å². The van der Waals surface area contributed by atoms with E-state index in [9.17, 15) is 30.7 Å². The van der Waals surface area contributed by atoms with Crippen molar-refractivity contribution >= 4 is 0 Å². The van der Waals surface area contributed by atoms with Gasteiger partial charge in [0.05, 0.1) is 5.69 Å². The molecule has 9 heteroatoms. The van der Waals surface area contributed by atoms with Gasteiger partial charge in [-0.3, -0.25) is 0 Å². The number of hydrogen-bond donors (Lipinski definition) is 0. The fourth-order valence-electron chi connectivity index (χ4n) is 1.53. The molecule has 0 saturated heterocycles. The molecular formula is C11H5F7N2. The summed E-state index contributed by atoms with van der Waals surface area (Å²) in [5, 5.41) is 2.76. The molecule has 2 rings (SSSR count). The van der Waals surface area contributed by atoms with Crippen LogP contribution in [0.3, 0.4) is 0 Å². The second-order valence-corrected chi connectivity index (χ2v) is 3.77. The lowest BCUT2D eigenvalue weighted by Crippen LogP contribution is -2.36. The van der Waals surface area contributed by atoms with E-state index in [1.54, 1.807) is 0 Å². The van der Waals surface area contributed by atoms with Crippen LogP contribution in [-0.2, 0) is 5.92 Å². The minimum absolute atomic E-state index is 0.0991. The SMILES string of the molecule is Fc1nn(-c2ccccc2)c(C(F)(F)C(F)(F)F)c1F. The average Bonchev–Trinajstić information content (AvgIpc) is 2.66. The van der Waals surface area contributed by atoms with Crippen LogP contribution in [0.15, 0.2) is 30.3 Å². The summed E-state index contributed by atoms with van der Waals surface area (Å²) >= 11 is 0. The molecule has 1 aromatic carbocycles. The number of para-hydroxylation sites is 1. The predicted molar refractivity (Wildman–Crippen MR) is 53.4 cm³/mol. The highest BCUT2D eigenvalue weighted by Gasteiger charge is 2.62. The number of rotatable bonds is 2. The van der Waals surface area contributed by atoms with Gasteiger partial charge in [0, 0.05) is 0 Å². The molecule has 0 fully saturated rings. The fourth-order valence-corrected chi connectivity index (χ4v) is 1.53. The van der Waals surface area contributed by atoms with Gasteiger partial charge in [0.2, 0.25) is 5.82 Å². The van der Waals surface area contributed by atoms with Crippen LogP contribution < -0.4 is 0 Å². The first-order chi connectivity index (χ1) is 9.16. The van der Waals surface area contributed by atoms with Gasteiger partial charge in [0.25, 0.3) is 5.95 Å².